The van der Waals surface area contributed by atoms with Gasteiger partial charge >= 0.3 is 0 Å². The summed E-state index contributed by atoms with van der Waals surface area (Å²) in [5.41, 5.74) is 1.68. The highest BCUT2D eigenvalue weighted by Gasteiger charge is 2.38. The van der Waals surface area contributed by atoms with E-state index in [-0.39, 0.29) is 0 Å². The first kappa shape index (κ1) is 15.0. The molecule has 4 heteroatoms. The van der Waals surface area contributed by atoms with E-state index in [0.29, 0.717) is 11.5 Å². The van der Waals surface area contributed by atoms with Crippen molar-refractivity contribution in [3.8, 4) is 0 Å². The Bertz CT molecular complexity index is 408. The normalized spacial score (nSPS) is 20.4. The van der Waals surface area contributed by atoms with Crippen LogP contribution in [0.4, 0.5) is 0 Å². The second-order valence-corrected chi connectivity index (χ2v) is 6.89. The van der Waals surface area contributed by atoms with Crippen molar-refractivity contribution in [2.24, 2.45) is 5.41 Å². The molecule has 0 saturated heterocycles. The van der Waals surface area contributed by atoms with Crippen LogP contribution in [0.25, 0.3) is 0 Å². The lowest BCUT2D eigenvalue weighted by Crippen LogP contribution is -2.37. The van der Waals surface area contributed by atoms with Crippen molar-refractivity contribution in [3.05, 3.63) is 16.4 Å². The first-order chi connectivity index (χ1) is 9.12. The van der Waals surface area contributed by atoms with Gasteiger partial charge in [-0.25, -0.2) is 0 Å². The fraction of sp³-hybridized carbons (Fsp3) is 0.800. The maximum atomic E-state index is 4.53. The molecular formula is C15H26BrN3. The highest BCUT2D eigenvalue weighted by atomic mass is 79.9. The van der Waals surface area contributed by atoms with Crippen LogP contribution in [-0.4, -0.2) is 16.8 Å². The zero-order valence-electron chi connectivity index (χ0n) is 12.4. The number of aryl methyl sites for hydroxylation is 1. The standard InChI is InChI=1S/C15H26BrN3/c1-4-10-19-13(12(16)11-18-19)14(17-3)15(2)8-6-5-7-9-15/h11,14,17H,4-10H2,1-3H3. The van der Waals surface area contributed by atoms with E-state index in [0.717, 1.165) is 17.4 Å². The molecule has 1 atom stereocenters. The molecule has 0 aliphatic heterocycles. The van der Waals surface area contributed by atoms with Crippen molar-refractivity contribution in [1.29, 1.82) is 0 Å². The number of hydrogen-bond donors (Lipinski definition) is 1. The topological polar surface area (TPSA) is 29.9 Å². The van der Waals surface area contributed by atoms with E-state index < -0.39 is 0 Å². The molecule has 0 spiro atoms. The second-order valence-electron chi connectivity index (χ2n) is 6.04. The van der Waals surface area contributed by atoms with Crippen LogP contribution in [0.5, 0.6) is 0 Å². The minimum Gasteiger partial charge on any atom is -0.311 e. The highest BCUT2D eigenvalue weighted by molar-refractivity contribution is 9.10. The minimum atomic E-state index is 0.348. The van der Waals surface area contributed by atoms with Crippen LogP contribution in [0.3, 0.4) is 0 Å². The molecule has 1 saturated carbocycles. The summed E-state index contributed by atoms with van der Waals surface area (Å²) in [6.45, 7) is 5.63. The molecule has 2 rings (SSSR count). The Labute approximate surface area is 125 Å². The predicted molar refractivity (Wildman–Crippen MR) is 83.2 cm³/mol. The molecule has 1 N–H and O–H groups in total. The van der Waals surface area contributed by atoms with Gasteiger partial charge in [-0.2, -0.15) is 5.10 Å². The Morgan fingerprint density at radius 2 is 2.11 bits per heavy atom. The van der Waals surface area contributed by atoms with E-state index in [4.69, 9.17) is 0 Å². The Morgan fingerprint density at radius 1 is 1.42 bits per heavy atom. The van der Waals surface area contributed by atoms with Gasteiger partial charge in [0.2, 0.25) is 0 Å². The van der Waals surface area contributed by atoms with Gasteiger partial charge in [-0.05, 0) is 47.7 Å². The molecule has 0 bridgehead atoms. The van der Waals surface area contributed by atoms with Crippen molar-refractivity contribution in [1.82, 2.24) is 15.1 Å². The van der Waals surface area contributed by atoms with Gasteiger partial charge < -0.3 is 5.32 Å². The predicted octanol–water partition coefficient (Wildman–Crippen LogP) is 4.29. The molecule has 1 aliphatic carbocycles. The van der Waals surface area contributed by atoms with Crippen LogP contribution < -0.4 is 5.32 Å². The summed E-state index contributed by atoms with van der Waals surface area (Å²) in [7, 11) is 2.08. The van der Waals surface area contributed by atoms with Crippen LogP contribution in [0.2, 0.25) is 0 Å². The largest absolute Gasteiger partial charge is 0.311 e. The Balaban J connectivity index is 2.33. The van der Waals surface area contributed by atoms with E-state index in [1.807, 2.05) is 6.20 Å². The highest BCUT2D eigenvalue weighted by Crippen LogP contribution is 2.46. The van der Waals surface area contributed by atoms with Crippen molar-refractivity contribution in [2.45, 2.75) is 65.0 Å². The molecule has 3 nitrogen and oxygen atoms in total. The van der Waals surface area contributed by atoms with Gasteiger partial charge in [0, 0.05) is 6.54 Å². The lowest BCUT2D eigenvalue weighted by Gasteiger charge is -2.41. The average Bonchev–Trinajstić information content (AvgIpc) is 2.74. The van der Waals surface area contributed by atoms with Crippen molar-refractivity contribution in [3.63, 3.8) is 0 Å². The summed E-state index contributed by atoms with van der Waals surface area (Å²) in [6, 6.07) is 0.385. The molecule has 1 unspecified atom stereocenters. The molecule has 0 amide bonds. The van der Waals surface area contributed by atoms with E-state index in [9.17, 15) is 0 Å². The van der Waals surface area contributed by atoms with Crippen molar-refractivity contribution >= 4 is 15.9 Å². The molecular weight excluding hydrogens is 302 g/mol. The zero-order chi connectivity index (χ0) is 13.9. The van der Waals surface area contributed by atoms with E-state index in [2.05, 4.69) is 51.9 Å². The lowest BCUT2D eigenvalue weighted by molar-refractivity contribution is 0.143. The minimum absolute atomic E-state index is 0.348. The first-order valence-corrected chi connectivity index (χ1v) is 8.30. The number of nitrogens with zero attached hydrogens (tertiary/aromatic N) is 2. The van der Waals surface area contributed by atoms with Crippen LogP contribution in [-0.2, 0) is 6.54 Å². The smallest absolute Gasteiger partial charge is 0.0701 e. The third-order valence-electron chi connectivity index (χ3n) is 4.52. The second kappa shape index (κ2) is 6.40. The summed E-state index contributed by atoms with van der Waals surface area (Å²) >= 11 is 3.70. The molecule has 0 aromatic carbocycles. The van der Waals surface area contributed by atoms with Gasteiger partial charge in [-0.1, -0.05) is 33.1 Å². The Hall–Kier alpha value is -0.350. The van der Waals surface area contributed by atoms with Gasteiger partial charge in [0.15, 0.2) is 0 Å². The van der Waals surface area contributed by atoms with Gasteiger partial charge in [-0.3, -0.25) is 4.68 Å². The lowest BCUT2D eigenvalue weighted by atomic mass is 9.69. The summed E-state index contributed by atoms with van der Waals surface area (Å²) in [4.78, 5) is 0. The number of nitrogens with one attached hydrogen (secondary N) is 1. The summed E-state index contributed by atoms with van der Waals surface area (Å²) < 4.78 is 3.32. The van der Waals surface area contributed by atoms with Gasteiger partial charge in [0.25, 0.3) is 0 Å². The summed E-state index contributed by atoms with van der Waals surface area (Å²) in [5.74, 6) is 0. The molecule has 0 radical (unpaired) electrons. The van der Waals surface area contributed by atoms with Crippen LogP contribution in [0, 0.1) is 5.41 Å². The van der Waals surface area contributed by atoms with E-state index >= 15 is 0 Å². The average molecular weight is 328 g/mol. The molecule has 1 heterocycles. The SMILES string of the molecule is CCCn1ncc(Br)c1C(NC)C1(C)CCCCC1. The summed E-state index contributed by atoms with van der Waals surface area (Å²) in [5, 5.41) is 8.09. The molecule has 19 heavy (non-hydrogen) atoms. The molecule has 1 fully saturated rings. The Morgan fingerprint density at radius 3 is 2.68 bits per heavy atom. The molecule has 108 valence electrons. The molecule has 1 aromatic rings. The van der Waals surface area contributed by atoms with E-state index in [1.54, 1.807) is 0 Å². The third-order valence-corrected chi connectivity index (χ3v) is 5.13. The maximum Gasteiger partial charge on any atom is 0.0701 e. The maximum absolute atomic E-state index is 4.53. The summed E-state index contributed by atoms with van der Waals surface area (Å²) in [6.07, 6.45) is 9.78. The Kier molecular flexibility index (Phi) is 5.07. The quantitative estimate of drug-likeness (QED) is 0.874. The number of halogens is 1. The van der Waals surface area contributed by atoms with Crippen LogP contribution in [0.15, 0.2) is 10.7 Å². The van der Waals surface area contributed by atoms with Crippen LogP contribution in [0.1, 0.15) is 64.1 Å². The van der Waals surface area contributed by atoms with Gasteiger partial charge in [0.1, 0.15) is 0 Å². The van der Waals surface area contributed by atoms with Gasteiger partial charge in [-0.15, -0.1) is 0 Å². The first-order valence-electron chi connectivity index (χ1n) is 7.51. The number of aromatic nitrogens is 2. The third kappa shape index (κ3) is 3.05. The monoisotopic (exact) mass is 327 g/mol. The van der Waals surface area contributed by atoms with Crippen molar-refractivity contribution < 1.29 is 0 Å². The fourth-order valence-corrected chi connectivity index (χ4v) is 4.04. The van der Waals surface area contributed by atoms with Gasteiger partial charge in [0.05, 0.1) is 22.4 Å². The van der Waals surface area contributed by atoms with Crippen LogP contribution >= 0.6 is 15.9 Å². The zero-order valence-corrected chi connectivity index (χ0v) is 14.0. The fourth-order valence-electron chi connectivity index (χ4n) is 3.51. The number of hydrogen-bond acceptors (Lipinski definition) is 2. The van der Waals surface area contributed by atoms with Crippen molar-refractivity contribution in [2.75, 3.05) is 7.05 Å². The molecule has 1 aliphatic rings. The van der Waals surface area contributed by atoms with E-state index in [1.165, 1.54) is 37.8 Å². The number of rotatable bonds is 5. The molecule has 1 aromatic heterocycles.